The van der Waals surface area contributed by atoms with Crippen LogP contribution in [0, 0.1) is 12.8 Å². The summed E-state index contributed by atoms with van der Waals surface area (Å²) < 4.78 is 0. The summed E-state index contributed by atoms with van der Waals surface area (Å²) in [5.74, 6) is 0. The molecule has 0 N–H and O–H groups in total. The first-order valence-electron chi connectivity index (χ1n) is 4.87. The van der Waals surface area contributed by atoms with Gasteiger partial charge in [0, 0.05) is 0 Å². The molecule has 2 aliphatic rings. The fourth-order valence-corrected chi connectivity index (χ4v) is 1.47. The van der Waals surface area contributed by atoms with Gasteiger partial charge in [-0.1, -0.05) is 38.5 Å². The van der Waals surface area contributed by atoms with Gasteiger partial charge in [0.2, 0.25) is 0 Å². The van der Waals surface area contributed by atoms with Gasteiger partial charge in [-0.15, -0.1) is 0 Å². The first-order valence-corrected chi connectivity index (χ1v) is 8.52. The van der Waals surface area contributed by atoms with Crippen molar-refractivity contribution in [1.82, 2.24) is 0 Å². The molecular formula is C10H19ClZr. The van der Waals surface area contributed by atoms with Crippen molar-refractivity contribution in [2.24, 2.45) is 0 Å². The first kappa shape index (κ1) is 13.2. The van der Waals surface area contributed by atoms with E-state index >= 15 is 0 Å². The molecule has 2 radical (unpaired) electrons. The first-order chi connectivity index (χ1) is 6.00. The predicted octanol–water partition coefficient (Wildman–Crippen LogP) is 3.95. The molecule has 2 aliphatic carbocycles. The molecule has 0 aliphatic heterocycles. The van der Waals surface area contributed by atoms with E-state index < -0.39 is 0 Å². The molecule has 0 nitrogen and oxygen atoms in total. The van der Waals surface area contributed by atoms with E-state index in [0.29, 0.717) is 0 Å². The Kier molecular flexibility index (Phi) is 13.4. The molecular weight excluding hydrogens is 247 g/mol. The minimum absolute atomic E-state index is 0.822. The minimum atomic E-state index is 0.822. The van der Waals surface area contributed by atoms with Crippen LogP contribution in [0.15, 0.2) is 0 Å². The number of halogens is 1. The van der Waals surface area contributed by atoms with Crippen LogP contribution in [-0.2, 0) is 23.5 Å². The van der Waals surface area contributed by atoms with Crippen LogP contribution in [0.2, 0.25) is 0 Å². The van der Waals surface area contributed by atoms with Gasteiger partial charge in [0.15, 0.2) is 0 Å². The quantitative estimate of drug-likeness (QED) is 0.622. The van der Waals surface area contributed by atoms with E-state index in [0.717, 1.165) is 23.5 Å². The van der Waals surface area contributed by atoms with Crippen molar-refractivity contribution >= 4 is 8.51 Å². The van der Waals surface area contributed by atoms with E-state index in [4.69, 9.17) is 8.51 Å². The molecule has 0 heterocycles. The Balaban J connectivity index is 0.000000168. The predicted molar refractivity (Wildman–Crippen MR) is 52.8 cm³/mol. The van der Waals surface area contributed by atoms with Gasteiger partial charge in [-0.05, 0) is 25.7 Å². The third kappa shape index (κ3) is 9.26. The van der Waals surface area contributed by atoms with Crippen molar-refractivity contribution in [1.29, 1.82) is 0 Å². The van der Waals surface area contributed by atoms with Gasteiger partial charge in [-0.25, -0.2) is 0 Å². The molecule has 2 heteroatoms. The second kappa shape index (κ2) is 12.2. The molecule has 0 amide bonds. The second-order valence-electron chi connectivity index (χ2n) is 3.17. The average molecular weight is 266 g/mol. The number of rotatable bonds is 0. The Morgan fingerprint density at radius 3 is 1.17 bits per heavy atom. The molecule has 0 atom stereocenters. The molecule has 2 rings (SSSR count). The van der Waals surface area contributed by atoms with Crippen LogP contribution in [0.25, 0.3) is 0 Å². The molecule has 2 saturated carbocycles. The summed E-state index contributed by atoms with van der Waals surface area (Å²) in [5, 5.41) is 0. The average Bonchev–Trinajstić information content (AvgIpc) is 2.87. The maximum absolute atomic E-state index is 4.77. The van der Waals surface area contributed by atoms with Crippen molar-refractivity contribution in [2.75, 3.05) is 0 Å². The molecule has 0 aromatic carbocycles. The van der Waals surface area contributed by atoms with Crippen LogP contribution in [0.3, 0.4) is 0 Å². The van der Waals surface area contributed by atoms with E-state index in [1.807, 2.05) is 0 Å². The molecule has 0 unspecified atom stereocenters. The van der Waals surface area contributed by atoms with Crippen LogP contribution < -0.4 is 0 Å². The Morgan fingerprint density at radius 1 is 0.667 bits per heavy atom. The summed E-state index contributed by atoms with van der Waals surface area (Å²) in [6.07, 6.45) is 16.0. The Labute approximate surface area is 95.8 Å². The van der Waals surface area contributed by atoms with Crippen molar-refractivity contribution in [3.05, 3.63) is 12.8 Å². The fraction of sp³-hybridized carbons (Fsp3) is 0.800. The van der Waals surface area contributed by atoms with Gasteiger partial charge in [-0.3, -0.25) is 0 Å². The molecule has 0 bridgehead atoms. The van der Waals surface area contributed by atoms with Crippen LogP contribution in [-0.4, -0.2) is 0 Å². The summed E-state index contributed by atoms with van der Waals surface area (Å²) in [4.78, 5) is 0. The molecule has 0 aromatic rings. The topological polar surface area (TPSA) is 0 Å². The summed E-state index contributed by atoms with van der Waals surface area (Å²) in [7, 11) is 4.77. The molecule has 0 spiro atoms. The van der Waals surface area contributed by atoms with Gasteiger partial charge in [-0.2, -0.15) is 0 Å². The molecule has 12 heavy (non-hydrogen) atoms. The van der Waals surface area contributed by atoms with Crippen molar-refractivity contribution in [3.63, 3.8) is 0 Å². The monoisotopic (exact) mass is 264 g/mol. The summed E-state index contributed by atoms with van der Waals surface area (Å²) in [6.45, 7) is 0. The van der Waals surface area contributed by atoms with E-state index in [2.05, 4.69) is 12.8 Å². The number of hydrogen-bond acceptors (Lipinski definition) is 0. The van der Waals surface area contributed by atoms with Crippen LogP contribution in [0.1, 0.15) is 51.4 Å². The molecule has 0 aromatic heterocycles. The van der Waals surface area contributed by atoms with E-state index in [-0.39, 0.29) is 0 Å². The van der Waals surface area contributed by atoms with Gasteiger partial charge in [0.05, 0.1) is 0 Å². The standard InChI is InChI=1S/C5H10.C5H8.ClH.Zr.H/c2*1-2-4-5-3-1;;;/h1-5H2;1-2H,3-5H2;1H;;/q;;;+1;/p-1. The van der Waals surface area contributed by atoms with Gasteiger partial charge < -0.3 is 0 Å². The third-order valence-corrected chi connectivity index (χ3v) is 2.16. The van der Waals surface area contributed by atoms with Crippen LogP contribution in [0.4, 0.5) is 0 Å². The van der Waals surface area contributed by atoms with E-state index in [9.17, 15) is 0 Å². The van der Waals surface area contributed by atoms with Crippen molar-refractivity contribution in [2.45, 2.75) is 51.4 Å². The Hall–Kier alpha value is 1.17. The molecule has 70 valence electrons. The Morgan fingerprint density at radius 2 is 1.00 bits per heavy atom. The second-order valence-corrected chi connectivity index (χ2v) is 3.17. The zero-order chi connectivity index (χ0) is 9.07. The van der Waals surface area contributed by atoms with Crippen LogP contribution >= 0.6 is 8.51 Å². The SMILES string of the molecule is C1CCCC1.[CH]1[CH]CCC1.[Cl][ZrH]. The zero-order valence-corrected chi connectivity index (χ0v) is 11.4. The van der Waals surface area contributed by atoms with Crippen molar-refractivity contribution in [3.8, 4) is 0 Å². The van der Waals surface area contributed by atoms with E-state index in [1.54, 1.807) is 0 Å². The maximum atomic E-state index is 4.77. The fourth-order valence-electron chi connectivity index (χ4n) is 1.47. The summed E-state index contributed by atoms with van der Waals surface area (Å²) in [5.41, 5.74) is 0. The summed E-state index contributed by atoms with van der Waals surface area (Å²) >= 11 is 0.822. The van der Waals surface area contributed by atoms with Gasteiger partial charge in [0.1, 0.15) is 0 Å². The third-order valence-electron chi connectivity index (χ3n) is 2.16. The Bertz CT molecular complexity index is 43.0. The normalized spacial score (nSPS) is 20.4. The van der Waals surface area contributed by atoms with Gasteiger partial charge >= 0.3 is 32.0 Å². The van der Waals surface area contributed by atoms with Crippen LogP contribution in [0.5, 0.6) is 0 Å². The van der Waals surface area contributed by atoms with Gasteiger partial charge in [0.25, 0.3) is 0 Å². The molecule has 0 saturated heterocycles. The number of hydrogen-bond donors (Lipinski definition) is 0. The van der Waals surface area contributed by atoms with Crippen molar-refractivity contribution < 1.29 is 23.5 Å². The zero-order valence-electron chi connectivity index (χ0n) is 7.77. The van der Waals surface area contributed by atoms with E-state index in [1.165, 1.54) is 51.4 Å². The summed E-state index contributed by atoms with van der Waals surface area (Å²) in [6, 6.07) is 0. The molecule has 2 fully saturated rings.